The van der Waals surface area contributed by atoms with Gasteiger partial charge in [0.15, 0.2) is 0 Å². The van der Waals surface area contributed by atoms with Crippen LogP contribution in [-0.2, 0) is 21.1 Å². The number of hydrogen-bond donors (Lipinski definition) is 1. The molecule has 0 aromatic carbocycles. The van der Waals surface area contributed by atoms with Crippen molar-refractivity contribution >= 4 is 11.5 Å². The number of rotatable bonds is 3. The number of aromatic nitrogens is 4. The second kappa shape index (κ2) is 5.94. The van der Waals surface area contributed by atoms with Gasteiger partial charge in [-0.05, 0) is 12.8 Å². The van der Waals surface area contributed by atoms with Gasteiger partial charge in [0.1, 0.15) is 5.82 Å². The summed E-state index contributed by atoms with van der Waals surface area (Å²) in [6, 6.07) is 1.66. The minimum atomic E-state index is -0.320. The highest BCUT2D eigenvalue weighted by molar-refractivity contribution is 5.44. The Morgan fingerprint density at radius 2 is 2.00 bits per heavy atom. The summed E-state index contributed by atoms with van der Waals surface area (Å²) in [7, 11) is 5.06. The van der Waals surface area contributed by atoms with Gasteiger partial charge in [0.05, 0.1) is 11.9 Å². The van der Waals surface area contributed by atoms with Crippen LogP contribution in [0.4, 0.5) is 11.5 Å². The van der Waals surface area contributed by atoms with E-state index < -0.39 is 0 Å². The molecule has 1 aliphatic rings. The maximum absolute atomic E-state index is 12.0. The average molecular weight is 318 g/mol. The lowest BCUT2D eigenvalue weighted by molar-refractivity contribution is 0.524. The van der Waals surface area contributed by atoms with E-state index in [1.807, 2.05) is 19.4 Å². The molecule has 8 nitrogen and oxygen atoms in total. The molecule has 1 aliphatic heterocycles. The number of anilines is 2. The van der Waals surface area contributed by atoms with Gasteiger partial charge in [-0.15, -0.1) is 0 Å². The summed E-state index contributed by atoms with van der Waals surface area (Å²) in [4.78, 5) is 26.1. The monoisotopic (exact) mass is 318 g/mol. The molecule has 1 atom stereocenters. The van der Waals surface area contributed by atoms with Crippen LogP contribution in [0.2, 0.25) is 0 Å². The van der Waals surface area contributed by atoms with Gasteiger partial charge < -0.3 is 10.2 Å². The second-order valence-corrected chi connectivity index (χ2v) is 6.07. The highest BCUT2D eigenvalue weighted by Gasteiger charge is 2.22. The van der Waals surface area contributed by atoms with E-state index in [0.717, 1.165) is 36.2 Å². The van der Waals surface area contributed by atoms with E-state index in [9.17, 15) is 9.59 Å². The van der Waals surface area contributed by atoms with Crippen LogP contribution in [0, 0.1) is 0 Å². The first-order valence-corrected chi connectivity index (χ1v) is 7.73. The third-order valence-electron chi connectivity index (χ3n) is 4.36. The first-order chi connectivity index (χ1) is 11.0. The van der Waals surface area contributed by atoms with Gasteiger partial charge in [-0.2, -0.15) is 5.10 Å². The van der Waals surface area contributed by atoms with E-state index in [4.69, 9.17) is 0 Å². The average Bonchev–Trinajstić information content (AvgIpc) is 2.97. The first kappa shape index (κ1) is 15.4. The topological polar surface area (TPSA) is 77.1 Å². The van der Waals surface area contributed by atoms with Gasteiger partial charge in [0.2, 0.25) is 0 Å². The summed E-state index contributed by atoms with van der Waals surface area (Å²) >= 11 is 0. The largest absolute Gasteiger partial charge is 0.367 e. The summed E-state index contributed by atoms with van der Waals surface area (Å²) in [6.07, 6.45) is 5.90. The van der Waals surface area contributed by atoms with Gasteiger partial charge in [-0.1, -0.05) is 0 Å². The predicted octanol–water partition coefficient (Wildman–Crippen LogP) is -0.102. The SMILES string of the molecule is Cn1cc(N2CCCC(Nc3cc(=O)n(C)c(=O)n3C)C2)cn1. The van der Waals surface area contributed by atoms with Crippen LogP contribution in [0.1, 0.15) is 12.8 Å². The molecule has 3 heterocycles. The third-order valence-corrected chi connectivity index (χ3v) is 4.36. The summed E-state index contributed by atoms with van der Waals surface area (Å²) in [6.45, 7) is 1.80. The lowest BCUT2D eigenvalue weighted by Crippen LogP contribution is -2.44. The quantitative estimate of drug-likeness (QED) is 0.855. The molecule has 1 saturated heterocycles. The lowest BCUT2D eigenvalue weighted by atomic mass is 10.1. The van der Waals surface area contributed by atoms with Gasteiger partial charge in [0, 0.05) is 52.5 Å². The molecule has 3 rings (SSSR count). The summed E-state index contributed by atoms with van der Waals surface area (Å²) < 4.78 is 4.37. The number of nitrogens with zero attached hydrogens (tertiary/aromatic N) is 5. The Balaban J connectivity index is 1.78. The van der Waals surface area contributed by atoms with Crippen molar-refractivity contribution in [1.82, 2.24) is 18.9 Å². The van der Waals surface area contributed by atoms with Gasteiger partial charge in [-0.3, -0.25) is 18.6 Å². The molecule has 0 radical (unpaired) electrons. The molecular formula is C15H22N6O2. The number of aryl methyl sites for hydroxylation is 1. The molecule has 0 saturated carbocycles. The van der Waals surface area contributed by atoms with Crippen molar-refractivity contribution in [2.45, 2.75) is 18.9 Å². The molecule has 23 heavy (non-hydrogen) atoms. The van der Waals surface area contributed by atoms with Gasteiger partial charge >= 0.3 is 5.69 Å². The molecule has 8 heteroatoms. The van der Waals surface area contributed by atoms with Crippen LogP contribution >= 0.6 is 0 Å². The molecule has 1 unspecified atom stereocenters. The summed E-state index contributed by atoms with van der Waals surface area (Å²) in [5.74, 6) is 0.566. The molecule has 0 spiro atoms. The van der Waals surface area contributed by atoms with Crippen LogP contribution < -0.4 is 21.5 Å². The standard InChI is InChI=1S/C15H22N6O2/c1-18-10-12(8-16-18)21-6-4-5-11(9-21)17-13-7-14(22)20(3)15(23)19(13)2/h7-8,10-11,17H,4-6,9H2,1-3H3. The zero-order valence-corrected chi connectivity index (χ0v) is 13.7. The zero-order valence-electron chi connectivity index (χ0n) is 13.7. The van der Waals surface area contributed by atoms with Crippen molar-refractivity contribution in [3.8, 4) is 0 Å². The Hall–Kier alpha value is -2.51. The number of nitrogens with one attached hydrogen (secondary N) is 1. The van der Waals surface area contributed by atoms with E-state index in [2.05, 4.69) is 15.3 Å². The van der Waals surface area contributed by atoms with E-state index >= 15 is 0 Å². The fourth-order valence-electron chi connectivity index (χ4n) is 2.98. The molecule has 124 valence electrons. The molecule has 0 bridgehead atoms. The van der Waals surface area contributed by atoms with Crippen LogP contribution in [0.3, 0.4) is 0 Å². The molecule has 2 aromatic rings. The third kappa shape index (κ3) is 3.01. The van der Waals surface area contributed by atoms with E-state index in [1.54, 1.807) is 11.7 Å². The van der Waals surface area contributed by atoms with Crippen molar-refractivity contribution in [3.63, 3.8) is 0 Å². The van der Waals surface area contributed by atoms with E-state index in [0.29, 0.717) is 5.82 Å². The van der Waals surface area contributed by atoms with Crippen molar-refractivity contribution in [2.75, 3.05) is 23.3 Å². The Morgan fingerprint density at radius 1 is 1.22 bits per heavy atom. The summed E-state index contributed by atoms with van der Waals surface area (Å²) in [5.41, 5.74) is 0.479. The molecule has 0 amide bonds. The Bertz CT molecular complexity index is 818. The van der Waals surface area contributed by atoms with Crippen LogP contribution in [0.5, 0.6) is 0 Å². The number of piperidine rings is 1. The molecule has 1 fully saturated rings. The molecule has 1 N–H and O–H groups in total. The van der Waals surface area contributed by atoms with Crippen molar-refractivity contribution in [3.05, 3.63) is 39.3 Å². The van der Waals surface area contributed by atoms with E-state index in [-0.39, 0.29) is 17.3 Å². The minimum absolute atomic E-state index is 0.182. The Kier molecular flexibility index (Phi) is 3.97. The predicted molar refractivity (Wildman–Crippen MR) is 89.0 cm³/mol. The lowest BCUT2D eigenvalue weighted by Gasteiger charge is -2.34. The van der Waals surface area contributed by atoms with Gasteiger partial charge in [0.25, 0.3) is 5.56 Å². The Labute approximate surface area is 134 Å². The normalized spacial score (nSPS) is 18.2. The first-order valence-electron chi connectivity index (χ1n) is 7.73. The minimum Gasteiger partial charge on any atom is -0.367 e. The number of hydrogen-bond acceptors (Lipinski definition) is 5. The second-order valence-electron chi connectivity index (χ2n) is 6.07. The van der Waals surface area contributed by atoms with Crippen molar-refractivity contribution in [1.29, 1.82) is 0 Å². The zero-order chi connectivity index (χ0) is 16.6. The molecular weight excluding hydrogens is 296 g/mol. The maximum atomic E-state index is 12.0. The van der Waals surface area contributed by atoms with Crippen LogP contribution in [0.15, 0.2) is 28.0 Å². The van der Waals surface area contributed by atoms with Crippen LogP contribution in [0.25, 0.3) is 0 Å². The molecule has 2 aromatic heterocycles. The fraction of sp³-hybridized carbons (Fsp3) is 0.533. The maximum Gasteiger partial charge on any atom is 0.332 e. The Morgan fingerprint density at radius 3 is 2.70 bits per heavy atom. The van der Waals surface area contributed by atoms with Crippen LogP contribution in [-0.4, -0.2) is 38.0 Å². The smallest absolute Gasteiger partial charge is 0.332 e. The highest BCUT2D eigenvalue weighted by Crippen LogP contribution is 2.20. The molecule has 0 aliphatic carbocycles. The van der Waals surface area contributed by atoms with E-state index in [1.165, 1.54) is 17.7 Å². The van der Waals surface area contributed by atoms with Crippen molar-refractivity contribution < 1.29 is 0 Å². The van der Waals surface area contributed by atoms with Crippen molar-refractivity contribution in [2.24, 2.45) is 21.1 Å². The fourth-order valence-corrected chi connectivity index (χ4v) is 2.98. The highest BCUT2D eigenvalue weighted by atomic mass is 16.2. The van der Waals surface area contributed by atoms with Gasteiger partial charge in [-0.25, -0.2) is 4.79 Å². The summed E-state index contributed by atoms with van der Waals surface area (Å²) in [5, 5.41) is 7.56.